The Labute approximate surface area is 207 Å². The summed E-state index contributed by atoms with van der Waals surface area (Å²) in [7, 11) is 3.40. The van der Waals surface area contributed by atoms with E-state index in [1.165, 1.54) is 0 Å². The average molecular weight is 483 g/mol. The third-order valence-corrected chi connectivity index (χ3v) is 6.31. The second-order valence-corrected chi connectivity index (χ2v) is 8.61. The lowest BCUT2D eigenvalue weighted by Crippen LogP contribution is -2.16. The molecule has 0 N–H and O–H groups in total. The first-order valence-electron chi connectivity index (χ1n) is 11.8. The molecular formula is C28H26N4O4. The second-order valence-electron chi connectivity index (χ2n) is 8.61. The standard InChI is InChI=1S/C28H26N4O4/c1-33-11-9-27-29-23(21-5-3-19-7-13-35-25(19)15-21)17-31(27)32-18-24(30-28(32)10-12-34-2)22-6-4-20-8-14-36-26(20)16-22/h3-8,13-18H,9-12H2,1-2H3. The van der Waals surface area contributed by atoms with Gasteiger partial charge in [0.25, 0.3) is 0 Å². The van der Waals surface area contributed by atoms with E-state index in [4.69, 9.17) is 28.3 Å². The normalized spacial score (nSPS) is 11.7. The van der Waals surface area contributed by atoms with Gasteiger partial charge in [0, 0.05) is 49.0 Å². The summed E-state index contributed by atoms with van der Waals surface area (Å²) in [6.07, 6.45) is 8.77. The van der Waals surface area contributed by atoms with E-state index in [0.717, 1.165) is 56.1 Å². The fraction of sp³-hybridized carbons (Fsp3) is 0.214. The van der Waals surface area contributed by atoms with Crippen LogP contribution >= 0.6 is 0 Å². The Morgan fingerprint density at radius 1 is 0.667 bits per heavy atom. The first-order chi connectivity index (χ1) is 17.7. The molecule has 0 aliphatic rings. The molecule has 4 aromatic heterocycles. The number of hydrogen-bond donors (Lipinski definition) is 0. The van der Waals surface area contributed by atoms with Crippen molar-refractivity contribution in [3.63, 3.8) is 0 Å². The van der Waals surface area contributed by atoms with Crippen LogP contribution < -0.4 is 0 Å². The number of nitrogens with zero attached hydrogens (tertiary/aromatic N) is 4. The number of methoxy groups -OCH3 is 2. The van der Waals surface area contributed by atoms with Gasteiger partial charge in [-0.15, -0.1) is 0 Å². The molecule has 0 saturated carbocycles. The first kappa shape index (κ1) is 22.3. The van der Waals surface area contributed by atoms with Crippen molar-refractivity contribution in [1.29, 1.82) is 0 Å². The Balaban J connectivity index is 1.46. The van der Waals surface area contributed by atoms with Crippen LogP contribution in [0.25, 0.3) is 44.5 Å². The minimum atomic E-state index is 0.553. The van der Waals surface area contributed by atoms with Crippen LogP contribution in [0, 0.1) is 0 Å². The minimum absolute atomic E-state index is 0.553. The Morgan fingerprint density at radius 3 is 1.58 bits per heavy atom. The van der Waals surface area contributed by atoms with Gasteiger partial charge in [0.1, 0.15) is 22.8 Å². The van der Waals surface area contributed by atoms with E-state index in [2.05, 4.69) is 12.1 Å². The molecule has 0 unspecified atom stereocenters. The minimum Gasteiger partial charge on any atom is -0.464 e. The van der Waals surface area contributed by atoms with E-state index < -0.39 is 0 Å². The average Bonchev–Trinajstić information content (AvgIpc) is 3.70. The van der Waals surface area contributed by atoms with Crippen molar-refractivity contribution in [2.45, 2.75) is 12.8 Å². The van der Waals surface area contributed by atoms with E-state index in [9.17, 15) is 0 Å². The molecule has 0 radical (unpaired) electrons. The summed E-state index contributed by atoms with van der Waals surface area (Å²) in [5.74, 6) is 1.74. The molecule has 0 aliphatic carbocycles. The van der Waals surface area contributed by atoms with Crippen molar-refractivity contribution in [3.8, 4) is 22.5 Å². The predicted molar refractivity (Wildman–Crippen MR) is 137 cm³/mol. The Kier molecular flexibility index (Phi) is 5.88. The third-order valence-electron chi connectivity index (χ3n) is 6.31. The van der Waals surface area contributed by atoms with Gasteiger partial charge in [-0.1, -0.05) is 24.3 Å². The molecule has 0 fully saturated rings. The third kappa shape index (κ3) is 4.10. The van der Waals surface area contributed by atoms with Gasteiger partial charge in [0.05, 0.1) is 49.5 Å². The van der Waals surface area contributed by atoms with Crippen molar-refractivity contribution < 1.29 is 18.3 Å². The number of aromatic nitrogens is 4. The summed E-state index contributed by atoms with van der Waals surface area (Å²) < 4.78 is 26.1. The molecule has 36 heavy (non-hydrogen) atoms. The monoisotopic (exact) mass is 482 g/mol. The van der Waals surface area contributed by atoms with Crippen molar-refractivity contribution in [2.75, 3.05) is 27.4 Å². The molecular weight excluding hydrogens is 456 g/mol. The van der Waals surface area contributed by atoms with Crippen molar-refractivity contribution >= 4 is 21.9 Å². The maximum atomic E-state index is 5.62. The Hall–Kier alpha value is -4.14. The van der Waals surface area contributed by atoms with Crippen LogP contribution in [0.15, 0.2) is 82.3 Å². The van der Waals surface area contributed by atoms with Crippen molar-refractivity contribution in [1.82, 2.24) is 19.3 Å². The number of rotatable bonds is 9. The molecule has 0 spiro atoms. The molecule has 182 valence electrons. The summed E-state index contributed by atoms with van der Waals surface area (Å²) >= 11 is 0. The van der Waals surface area contributed by atoms with Gasteiger partial charge in [-0.2, -0.15) is 0 Å². The summed E-state index contributed by atoms with van der Waals surface area (Å²) in [5.41, 5.74) is 5.33. The molecule has 0 atom stereocenters. The van der Waals surface area contributed by atoms with Gasteiger partial charge in [0.15, 0.2) is 0 Å². The van der Waals surface area contributed by atoms with Gasteiger partial charge in [-0.05, 0) is 24.3 Å². The summed E-state index contributed by atoms with van der Waals surface area (Å²) in [5, 5.41) is 2.12. The molecule has 6 aromatic rings. The fourth-order valence-electron chi connectivity index (χ4n) is 4.43. The van der Waals surface area contributed by atoms with Crippen LogP contribution in [-0.4, -0.2) is 46.8 Å². The smallest absolute Gasteiger partial charge is 0.134 e. The first-order valence-corrected chi connectivity index (χ1v) is 11.8. The highest BCUT2D eigenvalue weighted by Crippen LogP contribution is 2.28. The van der Waals surface area contributed by atoms with E-state index in [0.29, 0.717) is 26.1 Å². The van der Waals surface area contributed by atoms with Crippen LogP contribution in [0.2, 0.25) is 0 Å². The summed E-state index contributed by atoms with van der Waals surface area (Å²) in [4.78, 5) is 9.94. The zero-order valence-corrected chi connectivity index (χ0v) is 20.2. The molecule has 8 nitrogen and oxygen atoms in total. The van der Waals surface area contributed by atoms with Crippen LogP contribution in [-0.2, 0) is 22.3 Å². The maximum Gasteiger partial charge on any atom is 0.134 e. The Bertz CT molecular complexity index is 1520. The quantitative estimate of drug-likeness (QED) is 0.267. The summed E-state index contributed by atoms with van der Waals surface area (Å²) in [6.45, 7) is 1.11. The molecule has 6 rings (SSSR count). The number of benzene rings is 2. The zero-order valence-electron chi connectivity index (χ0n) is 20.2. The number of hydrogen-bond acceptors (Lipinski definition) is 6. The van der Waals surface area contributed by atoms with Crippen LogP contribution in [0.3, 0.4) is 0 Å². The maximum absolute atomic E-state index is 5.62. The Morgan fingerprint density at radius 2 is 1.14 bits per heavy atom. The zero-order chi connectivity index (χ0) is 24.5. The highest BCUT2D eigenvalue weighted by atomic mass is 16.5. The topological polar surface area (TPSA) is 80.4 Å². The van der Waals surface area contributed by atoms with Crippen LogP contribution in [0.5, 0.6) is 0 Å². The van der Waals surface area contributed by atoms with Gasteiger partial charge in [0.2, 0.25) is 0 Å². The van der Waals surface area contributed by atoms with E-state index in [1.807, 2.05) is 58.1 Å². The van der Waals surface area contributed by atoms with E-state index in [1.54, 1.807) is 26.7 Å². The molecule has 0 bridgehead atoms. The predicted octanol–water partition coefficient (Wildman–Crippen LogP) is 5.60. The molecule has 2 aromatic carbocycles. The lowest BCUT2D eigenvalue weighted by atomic mass is 10.1. The van der Waals surface area contributed by atoms with Gasteiger partial charge in [-0.3, -0.25) is 0 Å². The van der Waals surface area contributed by atoms with Gasteiger partial charge in [-0.25, -0.2) is 19.3 Å². The fourth-order valence-corrected chi connectivity index (χ4v) is 4.43. The largest absolute Gasteiger partial charge is 0.464 e. The number of ether oxygens (including phenoxy) is 2. The number of fused-ring (bicyclic) bond motifs is 2. The highest BCUT2D eigenvalue weighted by Gasteiger charge is 2.17. The molecule has 0 saturated heterocycles. The lowest BCUT2D eigenvalue weighted by Gasteiger charge is -2.11. The lowest BCUT2D eigenvalue weighted by molar-refractivity contribution is 0.197. The summed E-state index contributed by atoms with van der Waals surface area (Å²) in [6, 6.07) is 16.2. The highest BCUT2D eigenvalue weighted by molar-refractivity contribution is 5.83. The van der Waals surface area contributed by atoms with E-state index >= 15 is 0 Å². The van der Waals surface area contributed by atoms with Crippen molar-refractivity contribution in [2.24, 2.45) is 0 Å². The van der Waals surface area contributed by atoms with Crippen molar-refractivity contribution in [3.05, 3.63) is 85.1 Å². The molecule has 8 heteroatoms. The number of imidazole rings is 2. The molecule has 0 amide bonds. The SMILES string of the molecule is COCCc1nc(-c2ccc3ccoc3c2)cn1-n1cc(-c2ccc3ccoc3c2)nc1CCOC. The van der Waals surface area contributed by atoms with Crippen LogP contribution in [0.4, 0.5) is 0 Å². The number of furan rings is 2. The molecule has 0 aliphatic heterocycles. The van der Waals surface area contributed by atoms with E-state index in [-0.39, 0.29) is 0 Å². The van der Waals surface area contributed by atoms with Gasteiger partial charge >= 0.3 is 0 Å². The molecule has 4 heterocycles. The second kappa shape index (κ2) is 9.49. The van der Waals surface area contributed by atoms with Gasteiger partial charge < -0.3 is 18.3 Å². The van der Waals surface area contributed by atoms with Crippen LogP contribution in [0.1, 0.15) is 11.6 Å².